The van der Waals surface area contributed by atoms with Crippen molar-refractivity contribution in [2.75, 3.05) is 0 Å². The van der Waals surface area contributed by atoms with Crippen molar-refractivity contribution in [3.8, 4) is 0 Å². The Morgan fingerprint density at radius 1 is 1.26 bits per heavy atom. The number of carbonyl (C=O) groups is 1. The van der Waals surface area contributed by atoms with Crippen LogP contribution in [-0.4, -0.2) is 15.6 Å². The highest BCUT2D eigenvalue weighted by molar-refractivity contribution is 5.82. The van der Waals surface area contributed by atoms with Gasteiger partial charge >= 0.3 is 0 Å². The summed E-state index contributed by atoms with van der Waals surface area (Å²) in [6.45, 7) is 2.15. The number of hydrogen-bond acceptors (Lipinski definition) is 2. The molecule has 1 aromatic carbocycles. The predicted octanol–water partition coefficient (Wildman–Crippen LogP) is 3.46. The lowest BCUT2D eigenvalue weighted by Gasteiger charge is -2.50. The molecule has 1 aromatic heterocycles. The highest BCUT2D eigenvalue weighted by Crippen LogP contribution is 2.52. The molecule has 3 heteroatoms. The molecule has 0 N–H and O–H groups in total. The molecule has 0 amide bonds. The van der Waals surface area contributed by atoms with Crippen LogP contribution >= 0.6 is 0 Å². The van der Waals surface area contributed by atoms with E-state index in [1.54, 1.807) is 0 Å². The van der Waals surface area contributed by atoms with Crippen LogP contribution in [0.2, 0.25) is 0 Å². The Hall–Kier alpha value is -1.90. The van der Waals surface area contributed by atoms with Gasteiger partial charge < -0.3 is 0 Å². The van der Waals surface area contributed by atoms with Crippen LogP contribution in [0.15, 0.2) is 36.5 Å². The van der Waals surface area contributed by atoms with Gasteiger partial charge in [0.05, 0.1) is 6.20 Å². The van der Waals surface area contributed by atoms with Crippen molar-refractivity contribution in [2.45, 2.75) is 44.4 Å². The second-order valence-corrected chi connectivity index (χ2v) is 7.36. The molecule has 3 nitrogen and oxygen atoms in total. The van der Waals surface area contributed by atoms with E-state index in [9.17, 15) is 4.79 Å². The fourth-order valence-electron chi connectivity index (χ4n) is 5.16. The van der Waals surface area contributed by atoms with Crippen molar-refractivity contribution in [2.24, 2.45) is 18.9 Å². The zero-order chi connectivity index (χ0) is 16.0. The number of fused-ring (bicyclic) bond motifs is 3. The van der Waals surface area contributed by atoms with Crippen molar-refractivity contribution >= 4 is 5.78 Å². The van der Waals surface area contributed by atoms with Gasteiger partial charge in [0.25, 0.3) is 0 Å². The monoisotopic (exact) mass is 308 g/mol. The molecule has 3 atom stereocenters. The van der Waals surface area contributed by atoms with E-state index in [0.717, 1.165) is 25.7 Å². The van der Waals surface area contributed by atoms with Gasteiger partial charge in [0.1, 0.15) is 5.78 Å². The second-order valence-electron chi connectivity index (χ2n) is 7.36. The summed E-state index contributed by atoms with van der Waals surface area (Å²) in [6.07, 6.45) is 6.89. The van der Waals surface area contributed by atoms with Gasteiger partial charge in [-0.15, -0.1) is 0 Å². The number of Topliss-reactive ketones (excluding diaryl/α,β-unsaturated/α-hetero) is 1. The maximum absolute atomic E-state index is 12.4. The molecule has 120 valence electrons. The standard InChI is InChI=1S/C20H24N2O/c1-14-17-9-8-16-13-21-22(2)19(16)20(17,11-10-18(14)23)12-15-6-4-3-5-7-15/h3-7,13-14,17H,8-12H2,1-2H3. The lowest BCUT2D eigenvalue weighted by atomic mass is 9.53. The fraction of sp³-hybridized carbons (Fsp3) is 0.500. The van der Waals surface area contributed by atoms with Gasteiger partial charge in [-0.25, -0.2) is 0 Å². The van der Waals surface area contributed by atoms with Gasteiger partial charge in [-0.3, -0.25) is 9.48 Å². The first kappa shape index (κ1) is 14.7. The Labute approximate surface area is 137 Å². The van der Waals surface area contributed by atoms with Gasteiger partial charge in [0.2, 0.25) is 0 Å². The Balaban J connectivity index is 1.86. The summed E-state index contributed by atoms with van der Waals surface area (Å²) in [5, 5.41) is 4.55. The number of rotatable bonds is 2. The highest BCUT2D eigenvalue weighted by Gasteiger charge is 2.52. The summed E-state index contributed by atoms with van der Waals surface area (Å²) in [5.41, 5.74) is 4.21. The molecule has 4 rings (SSSR count). The van der Waals surface area contributed by atoms with E-state index < -0.39 is 0 Å². The van der Waals surface area contributed by atoms with Crippen LogP contribution in [-0.2, 0) is 30.1 Å². The number of aromatic nitrogens is 2. The normalized spacial score (nSPS) is 29.9. The third-order valence-electron chi connectivity index (χ3n) is 6.21. The van der Waals surface area contributed by atoms with Crippen LogP contribution in [0.4, 0.5) is 0 Å². The molecule has 1 heterocycles. The molecule has 2 aliphatic carbocycles. The summed E-state index contributed by atoms with van der Waals surface area (Å²) in [5.74, 6) is 1.05. The van der Waals surface area contributed by atoms with Gasteiger partial charge in [-0.2, -0.15) is 5.10 Å². The number of ketones is 1. The lowest BCUT2D eigenvalue weighted by molar-refractivity contribution is -0.129. The molecule has 3 unspecified atom stereocenters. The second kappa shape index (κ2) is 5.33. The molecule has 23 heavy (non-hydrogen) atoms. The van der Waals surface area contributed by atoms with Crippen LogP contribution < -0.4 is 0 Å². The molecule has 2 aromatic rings. The quantitative estimate of drug-likeness (QED) is 0.851. The summed E-state index contributed by atoms with van der Waals surface area (Å²) in [6, 6.07) is 10.7. The van der Waals surface area contributed by atoms with Crippen LogP contribution in [0.1, 0.15) is 43.0 Å². The van der Waals surface area contributed by atoms with Crippen LogP contribution in [0.25, 0.3) is 0 Å². The minimum atomic E-state index is 0.0630. The van der Waals surface area contributed by atoms with Gasteiger partial charge in [0.15, 0.2) is 0 Å². The van der Waals surface area contributed by atoms with Gasteiger partial charge in [0, 0.05) is 30.5 Å². The third-order valence-corrected chi connectivity index (χ3v) is 6.21. The van der Waals surface area contributed by atoms with E-state index in [4.69, 9.17) is 0 Å². The van der Waals surface area contributed by atoms with E-state index in [1.165, 1.54) is 16.8 Å². The maximum atomic E-state index is 12.4. The number of aryl methyl sites for hydroxylation is 2. The predicted molar refractivity (Wildman–Crippen MR) is 90.2 cm³/mol. The van der Waals surface area contributed by atoms with Crippen LogP contribution in [0, 0.1) is 11.8 Å². The first-order chi connectivity index (χ1) is 11.1. The Morgan fingerprint density at radius 3 is 2.83 bits per heavy atom. The van der Waals surface area contributed by atoms with E-state index >= 15 is 0 Å². The molecule has 0 saturated heterocycles. The average molecular weight is 308 g/mol. The van der Waals surface area contributed by atoms with E-state index in [0.29, 0.717) is 18.1 Å². The first-order valence-corrected chi connectivity index (χ1v) is 8.70. The zero-order valence-corrected chi connectivity index (χ0v) is 14.0. The first-order valence-electron chi connectivity index (χ1n) is 8.70. The van der Waals surface area contributed by atoms with Gasteiger partial charge in [-0.05, 0) is 42.7 Å². The van der Waals surface area contributed by atoms with Crippen LogP contribution in [0.3, 0.4) is 0 Å². The van der Waals surface area contributed by atoms with Gasteiger partial charge in [-0.1, -0.05) is 37.3 Å². The third kappa shape index (κ3) is 2.17. The molecule has 0 radical (unpaired) electrons. The van der Waals surface area contributed by atoms with E-state index in [2.05, 4.69) is 54.1 Å². The lowest BCUT2D eigenvalue weighted by Crippen LogP contribution is -2.50. The largest absolute Gasteiger partial charge is 0.299 e. The molecule has 0 bridgehead atoms. The molecule has 1 fully saturated rings. The molecule has 1 saturated carbocycles. The summed E-state index contributed by atoms with van der Waals surface area (Å²) >= 11 is 0. The minimum absolute atomic E-state index is 0.0630. The molecule has 0 spiro atoms. The molecule has 2 aliphatic rings. The fourth-order valence-corrected chi connectivity index (χ4v) is 5.16. The van der Waals surface area contributed by atoms with Crippen molar-refractivity contribution in [3.05, 3.63) is 53.3 Å². The summed E-state index contributed by atoms with van der Waals surface area (Å²) < 4.78 is 2.08. The molecular weight excluding hydrogens is 284 g/mol. The number of hydrogen-bond donors (Lipinski definition) is 0. The van der Waals surface area contributed by atoms with E-state index in [-0.39, 0.29) is 11.3 Å². The topological polar surface area (TPSA) is 34.9 Å². The Bertz CT molecular complexity index is 733. The van der Waals surface area contributed by atoms with Crippen molar-refractivity contribution < 1.29 is 4.79 Å². The van der Waals surface area contributed by atoms with Crippen molar-refractivity contribution in [3.63, 3.8) is 0 Å². The Kier molecular flexibility index (Phi) is 3.40. The van der Waals surface area contributed by atoms with Crippen LogP contribution in [0.5, 0.6) is 0 Å². The summed E-state index contributed by atoms with van der Waals surface area (Å²) in [7, 11) is 2.06. The average Bonchev–Trinajstić information content (AvgIpc) is 2.95. The molecular formula is C20H24N2O. The number of nitrogens with zero attached hydrogens (tertiary/aromatic N) is 2. The smallest absolute Gasteiger partial charge is 0.136 e. The van der Waals surface area contributed by atoms with E-state index in [1.807, 2.05) is 6.20 Å². The highest BCUT2D eigenvalue weighted by atomic mass is 16.1. The van der Waals surface area contributed by atoms with Crippen molar-refractivity contribution in [1.29, 1.82) is 0 Å². The van der Waals surface area contributed by atoms with Crippen molar-refractivity contribution in [1.82, 2.24) is 9.78 Å². The zero-order valence-electron chi connectivity index (χ0n) is 14.0. The Morgan fingerprint density at radius 2 is 2.04 bits per heavy atom. The SMILES string of the molecule is CC1C(=O)CCC2(Cc3ccccc3)c3c(cnn3C)CCC12. The maximum Gasteiger partial charge on any atom is 0.136 e. The minimum Gasteiger partial charge on any atom is -0.299 e. The molecule has 0 aliphatic heterocycles. The summed E-state index contributed by atoms with van der Waals surface area (Å²) in [4.78, 5) is 12.4. The number of benzene rings is 1. The number of carbonyl (C=O) groups excluding carboxylic acids is 1.